The molecule has 3 heterocycles. The number of rotatable bonds is 6. The maximum atomic E-state index is 12.9. The molecule has 0 saturated heterocycles. The molecule has 0 spiro atoms. The molecule has 0 unspecified atom stereocenters. The number of aryl methyl sites for hydroxylation is 1. The van der Waals surface area contributed by atoms with Crippen LogP contribution in [0.15, 0.2) is 53.6 Å². The second kappa shape index (κ2) is 8.79. The predicted molar refractivity (Wildman–Crippen MR) is 124 cm³/mol. The number of carbonyl (C=O) groups is 1. The van der Waals surface area contributed by atoms with E-state index in [0.717, 1.165) is 12.0 Å². The number of hydrogen-bond acceptors (Lipinski definition) is 6. The van der Waals surface area contributed by atoms with Crippen molar-refractivity contribution in [2.45, 2.75) is 19.9 Å². The van der Waals surface area contributed by atoms with Crippen LogP contribution in [0.4, 0.5) is 5.69 Å². The number of benzene rings is 1. The minimum atomic E-state index is -0.240. The molecule has 158 valence electrons. The highest BCUT2D eigenvalue weighted by atomic mass is 32.1. The summed E-state index contributed by atoms with van der Waals surface area (Å²) in [5.74, 6) is 0.344. The lowest BCUT2D eigenvalue weighted by Crippen LogP contribution is -2.18. The van der Waals surface area contributed by atoms with Crippen molar-refractivity contribution in [3.05, 3.63) is 86.5 Å². The smallest absolute Gasteiger partial charge is 0.266 e. The maximum absolute atomic E-state index is 12.9. The normalized spacial score (nSPS) is 11.2. The van der Waals surface area contributed by atoms with E-state index in [9.17, 15) is 9.59 Å². The monoisotopic (exact) mass is 433 g/mol. The van der Waals surface area contributed by atoms with Crippen molar-refractivity contribution < 1.29 is 4.79 Å². The van der Waals surface area contributed by atoms with Gasteiger partial charge in [-0.05, 0) is 68.4 Å². The van der Waals surface area contributed by atoms with Crippen LogP contribution in [0, 0.1) is 6.92 Å². The minimum Gasteiger partial charge on any atom is -0.321 e. The Morgan fingerprint density at radius 2 is 1.77 bits per heavy atom. The molecule has 1 aromatic carbocycles. The molecule has 0 radical (unpaired) electrons. The third-order valence-electron chi connectivity index (χ3n) is 4.89. The first-order chi connectivity index (χ1) is 14.9. The Bertz CT molecular complexity index is 1280. The molecular formula is C23H23N5O2S. The number of thiophene rings is 1. The quantitative estimate of drug-likeness (QED) is 0.485. The zero-order valence-electron chi connectivity index (χ0n) is 17.6. The van der Waals surface area contributed by atoms with Crippen LogP contribution in [0.25, 0.3) is 10.2 Å². The summed E-state index contributed by atoms with van der Waals surface area (Å²) in [4.78, 5) is 39.8. The predicted octanol–water partition coefficient (Wildman–Crippen LogP) is 3.59. The van der Waals surface area contributed by atoms with Gasteiger partial charge in [-0.25, -0.2) is 4.98 Å². The molecule has 31 heavy (non-hydrogen) atoms. The highest BCUT2D eigenvalue weighted by Gasteiger charge is 2.19. The Hall–Kier alpha value is -3.36. The first kappa shape index (κ1) is 20.9. The zero-order chi connectivity index (χ0) is 22.0. The van der Waals surface area contributed by atoms with Crippen molar-refractivity contribution in [2.75, 3.05) is 19.4 Å². The highest BCUT2D eigenvalue weighted by Crippen LogP contribution is 2.28. The van der Waals surface area contributed by atoms with Crippen LogP contribution in [-0.4, -0.2) is 39.9 Å². The third-order valence-corrected chi connectivity index (χ3v) is 6.08. The number of nitrogens with zero attached hydrogens (tertiary/aromatic N) is 3. The molecule has 4 rings (SSSR count). The number of H-pyrrole nitrogens is 1. The van der Waals surface area contributed by atoms with Gasteiger partial charge in [-0.3, -0.25) is 14.6 Å². The summed E-state index contributed by atoms with van der Waals surface area (Å²) in [5.41, 5.74) is 3.47. The standard InChI is InChI=1S/C23H23N5O2S/c1-14-19-21(29)26-18(13-28(2)3)27-23(19)31-20(14)22(30)25-17-6-4-15(5-7-17)12-16-8-10-24-11-9-16/h4-11H,12-13H2,1-3H3,(H,25,30)(H,26,27,29). The molecule has 7 nitrogen and oxygen atoms in total. The summed E-state index contributed by atoms with van der Waals surface area (Å²) in [6.45, 7) is 2.31. The van der Waals surface area contributed by atoms with Crippen LogP contribution < -0.4 is 10.9 Å². The lowest BCUT2D eigenvalue weighted by atomic mass is 10.1. The van der Waals surface area contributed by atoms with E-state index in [-0.39, 0.29) is 11.5 Å². The summed E-state index contributed by atoms with van der Waals surface area (Å²) < 4.78 is 0. The first-order valence-corrected chi connectivity index (χ1v) is 10.7. The SMILES string of the molecule is Cc1c(C(=O)Nc2ccc(Cc3ccncc3)cc2)sc2nc(CN(C)C)[nH]c(=O)c12. The van der Waals surface area contributed by atoms with Crippen LogP contribution in [0.3, 0.4) is 0 Å². The average molecular weight is 434 g/mol. The molecule has 0 aliphatic carbocycles. The molecule has 0 aliphatic heterocycles. The van der Waals surface area contributed by atoms with Crippen LogP contribution in [0.1, 0.15) is 32.2 Å². The molecule has 4 aromatic rings. The minimum absolute atomic E-state index is 0.213. The van der Waals surface area contributed by atoms with Crippen molar-refractivity contribution in [2.24, 2.45) is 0 Å². The second-order valence-corrected chi connectivity index (χ2v) is 8.67. The zero-order valence-corrected chi connectivity index (χ0v) is 18.4. The molecule has 0 saturated carbocycles. The molecule has 0 aliphatic rings. The summed E-state index contributed by atoms with van der Waals surface area (Å²) in [6.07, 6.45) is 4.36. The number of aromatic nitrogens is 3. The topological polar surface area (TPSA) is 91.0 Å². The summed E-state index contributed by atoms with van der Waals surface area (Å²) >= 11 is 1.24. The molecule has 0 bridgehead atoms. The number of nitrogens with one attached hydrogen (secondary N) is 2. The fourth-order valence-corrected chi connectivity index (χ4v) is 4.51. The van der Waals surface area contributed by atoms with Crippen molar-refractivity contribution in [3.63, 3.8) is 0 Å². The number of aromatic amines is 1. The van der Waals surface area contributed by atoms with Crippen molar-refractivity contribution in [3.8, 4) is 0 Å². The van der Waals surface area contributed by atoms with E-state index in [0.29, 0.717) is 38.7 Å². The van der Waals surface area contributed by atoms with Crippen molar-refractivity contribution >= 4 is 33.1 Å². The Kier molecular flexibility index (Phi) is 5.92. The number of carbonyl (C=O) groups excluding carboxylic acids is 1. The summed E-state index contributed by atoms with van der Waals surface area (Å²) in [7, 11) is 3.82. The van der Waals surface area contributed by atoms with Crippen LogP contribution in [-0.2, 0) is 13.0 Å². The molecule has 8 heteroatoms. The maximum Gasteiger partial charge on any atom is 0.266 e. The van der Waals surface area contributed by atoms with E-state index in [1.54, 1.807) is 19.3 Å². The Morgan fingerprint density at radius 1 is 1.10 bits per heavy atom. The largest absolute Gasteiger partial charge is 0.321 e. The van der Waals surface area contributed by atoms with Gasteiger partial charge < -0.3 is 15.2 Å². The van der Waals surface area contributed by atoms with E-state index >= 15 is 0 Å². The number of anilines is 1. The fourth-order valence-electron chi connectivity index (χ4n) is 3.41. The van der Waals surface area contributed by atoms with E-state index in [4.69, 9.17) is 0 Å². The van der Waals surface area contributed by atoms with Gasteiger partial charge >= 0.3 is 0 Å². The van der Waals surface area contributed by atoms with Crippen LogP contribution >= 0.6 is 11.3 Å². The van der Waals surface area contributed by atoms with E-state index < -0.39 is 0 Å². The molecule has 0 fully saturated rings. The number of pyridine rings is 1. The molecule has 1 amide bonds. The number of amides is 1. The first-order valence-electron chi connectivity index (χ1n) is 9.87. The third kappa shape index (κ3) is 4.70. The fraction of sp³-hybridized carbons (Fsp3) is 0.217. The van der Waals surface area contributed by atoms with Crippen molar-refractivity contribution in [1.82, 2.24) is 19.9 Å². The van der Waals surface area contributed by atoms with Gasteiger partial charge in [-0.15, -0.1) is 11.3 Å². The van der Waals surface area contributed by atoms with Crippen molar-refractivity contribution in [1.29, 1.82) is 0 Å². The molecule has 0 atom stereocenters. The van der Waals surface area contributed by atoms with Crippen LogP contribution in [0.5, 0.6) is 0 Å². The van der Waals surface area contributed by atoms with Gasteiger partial charge in [0.05, 0.1) is 16.8 Å². The Balaban J connectivity index is 1.53. The molecule has 2 N–H and O–H groups in total. The Labute approximate surface area is 183 Å². The van der Waals surface area contributed by atoms with Gasteiger partial charge in [0.25, 0.3) is 11.5 Å². The average Bonchev–Trinajstić information content (AvgIpc) is 3.06. The van der Waals surface area contributed by atoms with E-state index in [1.165, 1.54) is 16.9 Å². The number of fused-ring (bicyclic) bond motifs is 1. The lowest BCUT2D eigenvalue weighted by Gasteiger charge is -2.07. The van der Waals surface area contributed by atoms with Gasteiger partial charge in [0.15, 0.2) is 0 Å². The molecular weight excluding hydrogens is 410 g/mol. The number of hydrogen-bond donors (Lipinski definition) is 2. The lowest BCUT2D eigenvalue weighted by molar-refractivity contribution is 0.103. The summed E-state index contributed by atoms with van der Waals surface area (Å²) in [5, 5.41) is 3.41. The second-order valence-electron chi connectivity index (χ2n) is 7.67. The van der Waals surface area contributed by atoms with Gasteiger partial charge in [-0.1, -0.05) is 12.1 Å². The van der Waals surface area contributed by atoms with Gasteiger partial charge in [0.1, 0.15) is 10.7 Å². The Morgan fingerprint density at radius 3 is 2.45 bits per heavy atom. The van der Waals surface area contributed by atoms with Gasteiger partial charge in [-0.2, -0.15) is 0 Å². The highest BCUT2D eigenvalue weighted by molar-refractivity contribution is 7.20. The van der Waals surface area contributed by atoms with Gasteiger partial charge in [0.2, 0.25) is 0 Å². The summed E-state index contributed by atoms with van der Waals surface area (Å²) in [6, 6.07) is 11.7. The molecule has 3 aromatic heterocycles. The van der Waals surface area contributed by atoms with Crippen LogP contribution in [0.2, 0.25) is 0 Å². The van der Waals surface area contributed by atoms with E-state index in [1.807, 2.05) is 55.4 Å². The van der Waals surface area contributed by atoms with E-state index in [2.05, 4.69) is 20.3 Å². The van der Waals surface area contributed by atoms with Gasteiger partial charge in [0, 0.05) is 18.1 Å².